The molecule has 0 bridgehead atoms. The molecule has 0 unspecified atom stereocenters. The highest BCUT2D eigenvalue weighted by atomic mass is 32.2. The van der Waals surface area contributed by atoms with Crippen LogP contribution in [-0.4, -0.2) is 8.42 Å². The first-order chi connectivity index (χ1) is 8.63. The van der Waals surface area contributed by atoms with Crippen LogP contribution in [0.3, 0.4) is 0 Å². The third-order valence-corrected chi connectivity index (χ3v) is 4.71. The largest absolute Gasteiger partial charge is 0.353 e. The lowest BCUT2D eigenvalue weighted by Crippen LogP contribution is -2.13. The molecule has 4 nitrogen and oxygen atoms in total. The quantitative estimate of drug-likeness (QED) is 0.670. The van der Waals surface area contributed by atoms with Crippen LogP contribution in [-0.2, 0) is 9.84 Å². The van der Waals surface area contributed by atoms with Crippen LogP contribution in [0.25, 0.3) is 0 Å². The summed E-state index contributed by atoms with van der Waals surface area (Å²) in [5, 5.41) is 11.9. The maximum Gasteiger partial charge on any atom is 0.210 e. The van der Waals surface area contributed by atoms with Crippen molar-refractivity contribution < 1.29 is 8.42 Å². The van der Waals surface area contributed by atoms with Crippen molar-refractivity contribution in [3.05, 3.63) is 48.0 Å². The van der Waals surface area contributed by atoms with Gasteiger partial charge in [0.15, 0.2) is 0 Å². The maximum atomic E-state index is 12.4. The number of benzene rings is 2. The number of rotatable bonds is 0. The van der Waals surface area contributed by atoms with Crippen LogP contribution >= 0.6 is 0 Å². The van der Waals surface area contributed by atoms with E-state index in [1.807, 2.05) is 6.07 Å². The van der Waals surface area contributed by atoms with Gasteiger partial charge in [0.25, 0.3) is 0 Å². The van der Waals surface area contributed by atoms with Crippen LogP contribution in [0.1, 0.15) is 5.56 Å². The van der Waals surface area contributed by atoms with Crippen molar-refractivity contribution >= 4 is 21.2 Å². The molecule has 1 aliphatic rings. The van der Waals surface area contributed by atoms with Gasteiger partial charge in [0.05, 0.1) is 32.8 Å². The second kappa shape index (κ2) is 3.59. The molecule has 0 spiro atoms. The Morgan fingerprint density at radius 2 is 1.72 bits per heavy atom. The average molecular weight is 256 g/mol. The Morgan fingerprint density at radius 1 is 1.00 bits per heavy atom. The van der Waals surface area contributed by atoms with Crippen LogP contribution < -0.4 is 5.32 Å². The number of hydrogen-bond acceptors (Lipinski definition) is 4. The van der Waals surface area contributed by atoms with Gasteiger partial charge < -0.3 is 5.32 Å². The summed E-state index contributed by atoms with van der Waals surface area (Å²) in [6, 6.07) is 13.2. The van der Waals surface area contributed by atoms with Crippen LogP contribution in [0.5, 0.6) is 0 Å². The summed E-state index contributed by atoms with van der Waals surface area (Å²) < 4.78 is 24.7. The fourth-order valence-electron chi connectivity index (χ4n) is 2.00. The normalized spacial score (nSPS) is 14.8. The first kappa shape index (κ1) is 10.8. The van der Waals surface area contributed by atoms with Crippen molar-refractivity contribution in [1.82, 2.24) is 0 Å². The Balaban J connectivity index is 2.32. The number of anilines is 2. The molecule has 0 amide bonds. The van der Waals surface area contributed by atoms with E-state index < -0.39 is 9.84 Å². The van der Waals surface area contributed by atoms with Crippen molar-refractivity contribution in [1.29, 1.82) is 5.26 Å². The van der Waals surface area contributed by atoms with E-state index in [1.54, 1.807) is 30.3 Å². The highest BCUT2D eigenvalue weighted by Crippen LogP contribution is 2.39. The Kier molecular flexibility index (Phi) is 2.15. The molecular weight excluding hydrogens is 248 g/mol. The summed E-state index contributed by atoms with van der Waals surface area (Å²) in [7, 11) is -3.50. The molecule has 0 saturated carbocycles. The molecule has 0 aromatic heterocycles. The number of nitrogens with zero attached hydrogens (tertiary/aromatic N) is 1. The second-order valence-corrected chi connectivity index (χ2v) is 5.83. The van der Waals surface area contributed by atoms with Crippen LogP contribution in [0.2, 0.25) is 0 Å². The molecule has 0 fully saturated rings. The monoisotopic (exact) mass is 256 g/mol. The van der Waals surface area contributed by atoms with Gasteiger partial charge in [-0.15, -0.1) is 0 Å². The van der Waals surface area contributed by atoms with E-state index in [1.165, 1.54) is 12.1 Å². The average Bonchev–Trinajstić information content (AvgIpc) is 2.38. The second-order valence-electron chi connectivity index (χ2n) is 3.95. The summed E-state index contributed by atoms with van der Waals surface area (Å²) >= 11 is 0. The zero-order chi connectivity index (χ0) is 12.8. The summed E-state index contributed by atoms with van der Waals surface area (Å²) in [4.78, 5) is 0.474. The lowest BCUT2D eigenvalue weighted by atomic mass is 10.2. The van der Waals surface area contributed by atoms with Crippen LogP contribution in [0.15, 0.2) is 52.3 Å². The van der Waals surface area contributed by atoms with Gasteiger partial charge in [-0.25, -0.2) is 8.42 Å². The van der Waals surface area contributed by atoms with Gasteiger partial charge in [-0.1, -0.05) is 12.1 Å². The minimum absolute atomic E-state index is 0.209. The number of sulfone groups is 1. The Labute approximate surface area is 104 Å². The Morgan fingerprint density at radius 3 is 2.50 bits per heavy atom. The molecule has 3 rings (SSSR count). The van der Waals surface area contributed by atoms with Gasteiger partial charge in [-0.2, -0.15) is 5.26 Å². The van der Waals surface area contributed by atoms with Crippen LogP contribution in [0.4, 0.5) is 11.4 Å². The Hall–Kier alpha value is -2.32. The molecule has 0 atom stereocenters. The highest BCUT2D eigenvalue weighted by Gasteiger charge is 2.28. The van der Waals surface area contributed by atoms with E-state index >= 15 is 0 Å². The van der Waals surface area contributed by atoms with Gasteiger partial charge in [0.1, 0.15) is 0 Å². The molecule has 1 heterocycles. The predicted molar refractivity (Wildman–Crippen MR) is 66.3 cm³/mol. The number of nitriles is 1. The molecule has 2 aromatic rings. The molecule has 0 radical (unpaired) electrons. The van der Waals surface area contributed by atoms with Gasteiger partial charge in [0, 0.05) is 0 Å². The van der Waals surface area contributed by atoms with E-state index in [-0.39, 0.29) is 9.79 Å². The van der Waals surface area contributed by atoms with Gasteiger partial charge >= 0.3 is 0 Å². The SMILES string of the molecule is N#Cc1ccc2c(c1)Nc1ccccc1S2(=O)=O. The van der Waals surface area contributed by atoms with Crippen molar-refractivity contribution in [2.24, 2.45) is 0 Å². The standard InChI is InChI=1S/C13H8N2O2S/c14-8-9-5-6-13-11(7-9)15-10-3-1-2-4-12(10)18(13,16)17/h1-7,15H. The van der Waals surface area contributed by atoms with E-state index in [0.717, 1.165) is 0 Å². The third-order valence-electron chi connectivity index (χ3n) is 2.84. The number of nitrogens with one attached hydrogen (secondary N) is 1. The first-order valence-electron chi connectivity index (χ1n) is 5.28. The van der Waals surface area contributed by atoms with Gasteiger partial charge in [0.2, 0.25) is 9.84 Å². The minimum atomic E-state index is -3.50. The Bertz CT molecular complexity index is 789. The van der Waals surface area contributed by atoms with Gasteiger partial charge in [-0.3, -0.25) is 0 Å². The van der Waals surface area contributed by atoms with E-state index in [4.69, 9.17) is 5.26 Å². The van der Waals surface area contributed by atoms with Crippen LogP contribution in [0, 0.1) is 11.3 Å². The molecule has 2 aromatic carbocycles. The lowest BCUT2D eigenvalue weighted by molar-refractivity contribution is 0.596. The molecule has 18 heavy (non-hydrogen) atoms. The summed E-state index contributed by atoms with van der Waals surface area (Å²) in [5.74, 6) is 0. The summed E-state index contributed by atoms with van der Waals surface area (Å²) in [5.41, 5.74) is 1.42. The van der Waals surface area contributed by atoms with Crippen molar-refractivity contribution in [3.8, 4) is 6.07 Å². The third kappa shape index (κ3) is 1.40. The topological polar surface area (TPSA) is 70.0 Å². The van der Waals surface area contributed by atoms with Crippen molar-refractivity contribution in [3.63, 3.8) is 0 Å². The maximum absolute atomic E-state index is 12.4. The van der Waals surface area contributed by atoms with Gasteiger partial charge in [-0.05, 0) is 30.3 Å². The summed E-state index contributed by atoms with van der Waals surface area (Å²) in [6.45, 7) is 0. The molecule has 0 saturated heterocycles. The van der Waals surface area contributed by atoms with Crippen molar-refractivity contribution in [2.75, 3.05) is 5.32 Å². The molecule has 5 heteroatoms. The first-order valence-corrected chi connectivity index (χ1v) is 6.76. The number of fused-ring (bicyclic) bond motifs is 2. The van der Waals surface area contributed by atoms with E-state index in [0.29, 0.717) is 16.9 Å². The fourth-order valence-corrected chi connectivity index (χ4v) is 3.55. The molecule has 88 valence electrons. The summed E-state index contributed by atoms with van der Waals surface area (Å²) in [6.07, 6.45) is 0. The number of hydrogen-bond donors (Lipinski definition) is 1. The lowest BCUT2D eigenvalue weighted by Gasteiger charge is -2.21. The van der Waals surface area contributed by atoms with Crippen molar-refractivity contribution in [2.45, 2.75) is 9.79 Å². The zero-order valence-electron chi connectivity index (χ0n) is 9.21. The van der Waals surface area contributed by atoms with E-state index in [9.17, 15) is 8.42 Å². The zero-order valence-corrected chi connectivity index (χ0v) is 10.0. The smallest absolute Gasteiger partial charge is 0.210 e. The molecule has 1 aliphatic heterocycles. The highest BCUT2D eigenvalue weighted by molar-refractivity contribution is 7.92. The molecule has 1 N–H and O–H groups in total. The fraction of sp³-hybridized carbons (Fsp3) is 0. The minimum Gasteiger partial charge on any atom is -0.353 e. The number of para-hydroxylation sites is 1. The van der Waals surface area contributed by atoms with E-state index in [2.05, 4.69) is 5.32 Å². The molecule has 0 aliphatic carbocycles. The predicted octanol–water partition coefficient (Wildman–Crippen LogP) is 2.45. The molecular formula is C13H8N2O2S.